The average molecular weight is 226 g/mol. The third kappa shape index (κ3) is 3.13. The lowest BCUT2D eigenvalue weighted by molar-refractivity contribution is -0.122. The number of hydrogen-bond acceptors (Lipinski definition) is 4. The average Bonchev–Trinajstić information content (AvgIpc) is 2.26. The first-order valence-corrected chi connectivity index (χ1v) is 5.96. The molecule has 15 heavy (non-hydrogen) atoms. The molecule has 0 atom stereocenters. The maximum absolute atomic E-state index is 10.9. The van der Waals surface area contributed by atoms with E-state index in [-0.39, 0.29) is 11.8 Å². The molecule has 0 bridgehead atoms. The second kappa shape index (κ2) is 5.61. The molecule has 1 heterocycles. The van der Waals surface area contributed by atoms with E-state index in [4.69, 9.17) is 11.0 Å². The molecule has 0 aromatic rings. The highest BCUT2D eigenvalue weighted by atomic mass is 32.2. The number of nitrogens with two attached hydrogens (primary N) is 1. The summed E-state index contributed by atoms with van der Waals surface area (Å²) in [5.41, 5.74) is 5.23. The van der Waals surface area contributed by atoms with Crippen LogP contribution in [0.3, 0.4) is 0 Å². The molecule has 0 unspecified atom stereocenters. The van der Waals surface area contributed by atoms with Gasteiger partial charge in [-0.25, -0.2) is 0 Å². The number of piperidine rings is 1. The molecule has 82 valence electrons. The normalized spacial score (nSPS) is 18.7. The maximum Gasteiger partial charge on any atom is 0.220 e. The molecule has 1 rings (SSSR count). The van der Waals surface area contributed by atoms with Crippen LogP contribution in [0.2, 0.25) is 0 Å². The number of thioether (sulfide) groups is 1. The number of rotatable bonds is 1. The Bertz CT molecular complexity index is 302. The van der Waals surface area contributed by atoms with Gasteiger partial charge in [-0.2, -0.15) is 5.26 Å². The number of nitriles is 1. The molecule has 1 saturated heterocycles. The molecule has 0 saturated carbocycles. The largest absolute Gasteiger partial charge is 0.369 e. The number of carbonyl (C=O) groups is 1. The summed E-state index contributed by atoms with van der Waals surface area (Å²) < 4.78 is 0. The molecule has 0 spiro atoms. The summed E-state index contributed by atoms with van der Waals surface area (Å²) in [6.07, 6.45) is 5.17. The van der Waals surface area contributed by atoms with E-state index in [1.54, 1.807) is 6.19 Å². The van der Waals surface area contributed by atoms with Crippen molar-refractivity contribution in [2.45, 2.75) is 12.8 Å². The van der Waals surface area contributed by atoms with Gasteiger partial charge in [0.25, 0.3) is 0 Å². The zero-order valence-electron chi connectivity index (χ0n) is 8.64. The van der Waals surface area contributed by atoms with Crippen LogP contribution in [0.1, 0.15) is 12.8 Å². The van der Waals surface area contributed by atoms with Crippen LogP contribution in [-0.2, 0) is 4.79 Å². The second-order valence-electron chi connectivity index (χ2n) is 3.36. The molecule has 2 N–H and O–H groups in total. The first-order chi connectivity index (χ1) is 7.19. The third-order valence-electron chi connectivity index (χ3n) is 2.50. The highest BCUT2D eigenvalue weighted by Crippen LogP contribution is 2.19. The number of primary amides is 1. The lowest BCUT2D eigenvalue weighted by Crippen LogP contribution is -2.40. The van der Waals surface area contributed by atoms with Gasteiger partial charge in [-0.1, -0.05) is 11.8 Å². The van der Waals surface area contributed by atoms with E-state index >= 15 is 0 Å². The predicted octanol–water partition coefficient (Wildman–Crippen LogP) is 0.384. The summed E-state index contributed by atoms with van der Waals surface area (Å²) >= 11 is 1.45. The van der Waals surface area contributed by atoms with Crippen LogP contribution in [0, 0.1) is 17.4 Å². The first-order valence-electron chi connectivity index (χ1n) is 4.74. The van der Waals surface area contributed by atoms with E-state index in [9.17, 15) is 4.79 Å². The summed E-state index contributed by atoms with van der Waals surface area (Å²) in [5.74, 6) is -0.246. The highest BCUT2D eigenvalue weighted by molar-refractivity contribution is 8.13. The maximum atomic E-state index is 10.9. The lowest BCUT2D eigenvalue weighted by atomic mass is 9.97. The third-order valence-corrected chi connectivity index (χ3v) is 3.21. The topological polar surface area (TPSA) is 82.5 Å². The van der Waals surface area contributed by atoms with Gasteiger partial charge in [-0.05, 0) is 19.1 Å². The van der Waals surface area contributed by atoms with Crippen LogP contribution in [0.15, 0.2) is 4.99 Å². The lowest BCUT2D eigenvalue weighted by Gasteiger charge is -2.31. The monoisotopic (exact) mass is 226 g/mol. The number of nitrogens with zero attached hydrogens (tertiary/aromatic N) is 3. The van der Waals surface area contributed by atoms with Crippen molar-refractivity contribution < 1.29 is 4.79 Å². The quantitative estimate of drug-likeness (QED) is 0.398. The van der Waals surface area contributed by atoms with Crippen LogP contribution in [-0.4, -0.2) is 35.3 Å². The van der Waals surface area contributed by atoms with Crippen molar-refractivity contribution in [1.29, 1.82) is 5.26 Å². The van der Waals surface area contributed by atoms with E-state index in [0.29, 0.717) is 0 Å². The number of hydrogen-bond donors (Lipinski definition) is 1. The molecule has 1 aliphatic heterocycles. The fourth-order valence-electron chi connectivity index (χ4n) is 1.64. The van der Waals surface area contributed by atoms with E-state index in [2.05, 4.69) is 4.99 Å². The van der Waals surface area contributed by atoms with Crippen molar-refractivity contribution in [3.63, 3.8) is 0 Å². The van der Waals surface area contributed by atoms with E-state index < -0.39 is 0 Å². The molecular weight excluding hydrogens is 212 g/mol. The van der Waals surface area contributed by atoms with E-state index in [0.717, 1.165) is 31.1 Å². The fraction of sp³-hybridized carbons (Fsp3) is 0.667. The molecule has 1 fully saturated rings. The van der Waals surface area contributed by atoms with Crippen LogP contribution in [0.5, 0.6) is 0 Å². The smallest absolute Gasteiger partial charge is 0.220 e. The Hall–Kier alpha value is -1.22. The van der Waals surface area contributed by atoms with Gasteiger partial charge in [0.05, 0.1) is 0 Å². The molecule has 0 aliphatic carbocycles. The molecular formula is C9H14N4OS. The van der Waals surface area contributed by atoms with Gasteiger partial charge in [0.1, 0.15) is 0 Å². The fourth-order valence-corrected chi connectivity index (χ4v) is 2.22. The number of likely N-dealkylation sites (tertiary alicyclic amines) is 1. The second-order valence-corrected chi connectivity index (χ2v) is 4.14. The van der Waals surface area contributed by atoms with Gasteiger partial charge in [-0.15, -0.1) is 4.99 Å². The summed E-state index contributed by atoms with van der Waals surface area (Å²) in [5, 5.41) is 9.21. The Morgan fingerprint density at radius 2 is 2.20 bits per heavy atom. The summed E-state index contributed by atoms with van der Waals surface area (Å²) in [6, 6.07) is 0. The van der Waals surface area contributed by atoms with Crippen molar-refractivity contribution >= 4 is 22.8 Å². The van der Waals surface area contributed by atoms with Crippen LogP contribution < -0.4 is 5.73 Å². The van der Waals surface area contributed by atoms with Gasteiger partial charge in [-0.3, -0.25) is 4.79 Å². The van der Waals surface area contributed by atoms with Crippen molar-refractivity contribution in [3.05, 3.63) is 0 Å². The van der Waals surface area contributed by atoms with Crippen LogP contribution in [0.4, 0.5) is 0 Å². The minimum Gasteiger partial charge on any atom is -0.369 e. The number of carbonyl (C=O) groups excluding carboxylic acids is 1. The zero-order valence-corrected chi connectivity index (χ0v) is 9.46. The van der Waals surface area contributed by atoms with Gasteiger partial charge in [0.2, 0.25) is 12.1 Å². The summed E-state index contributed by atoms with van der Waals surface area (Å²) in [4.78, 5) is 16.7. The zero-order chi connectivity index (χ0) is 11.3. The Morgan fingerprint density at radius 3 is 2.60 bits per heavy atom. The molecule has 1 amide bonds. The standard InChI is InChI=1S/C9H14N4OS/c1-15-9(12-6-10)13-4-2-7(3-5-13)8(11)14/h7H,2-5H2,1H3,(H2,11,14). The minimum absolute atomic E-state index is 0.0218. The Labute approximate surface area is 93.3 Å². The number of aliphatic imine (C=N–C) groups is 1. The molecule has 0 aromatic heterocycles. The van der Waals surface area contributed by atoms with Crippen molar-refractivity contribution in [2.75, 3.05) is 19.3 Å². The Balaban J connectivity index is 2.53. The van der Waals surface area contributed by atoms with Gasteiger partial charge >= 0.3 is 0 Å². The van der Waals surface area contributed by atoms with Crippen molar-refractivity contribution in [3.8, 4) is 6.19 Å². The first kappa shape index (κ1) is 11.9. The SMILES string of the molecule is CSC(=NC#N)N1CCC(C(N)=O)CC1. The minimum atomic E-state index is -0.224. The van der Waals surface area contributed by atoms with Crippen molar-refractivity contribution in [1.82, 2.24) is 4.90 Å². The predicted molar refractivity (Wildman–Crippen MR) is 60.1 cm³/mol. The van der Waals surface area contributed by atoms with Gasteiger partial charge in [0, 0.05) is 19.0 Å². The Kier molecular flexibility index (Phi) is 4.43. The molecule has 0 aromatic carbocycles. The van der Waals surface area contributed by atoms with Crippen molar-refractivity contribution in [2.24, 2.45) is 16.6 Å². The van der Waals surface area contributed by atoms with Gasteiger partial charge in [0.15, 0.2) is 5.17 Å². The Morgan fingerprint density at radius 1 is 1.60 bits per heavy atom. The molecule has 1 aliphatic rings. The number of amidine groups is 1. The summed E-state index contributed by atoms with van der Waals surface area (Å²) in [6.45, 7) is 1.49. The summed E-state index contributed by atoms with van der Waals surface area (Å²) in [7, 11) is 0. The van der Waals surface area contributed by atoms with Gasteiger partial charge < -0.3 is 10.6 Å². The van der Waals surface area contributed by atoms with E-state index in [1.165, 1.54) is 11.8 Å². The van der Waals surface area contributed by atoms with Crippen LogP contribution in [0.25, 0.3) is 0 Å². The molecule has 5 nitrogen and oxygen atoms in total. The van der Waals surface area contributed by atoms with Crippen LogP contribution >= 0.6 is 11.8 Å². The number of amides is 1. The molecule has 0 radical (unpaired) electrons. The highest BCUT2D eigenvalue weighted by Gasteiger charge is 2.24. The van der Waals surface area contributed by atoms with E-state index in [1.807, 2.05) is 11.2 Å². The molecule has 6 heteroatoms.